The van der Waals surface area contributed by atoms with Crippen LogP contribution in [-0.2, 0) is 11.3 Å². The molecular weight excluding hydrogens is 256 g/mol. The fourth-order valence-electron chi connectivity index (χ4n) is 1.66. The van der Waals surface area contributed by atoms with Gasteiger partial charge in [-0.05, 0) is 30.2 Å². The summed E-state index contributed by atoms with van der Waals surface area (Å²) < 4.78 is 10.7. The molecule has 20 heavy (non-hydrogen) atoms. The van der Waals surface area contributed by atoms with Crippen molar-refractivity contribution in [1.82, 2.24) is 10.6 Å². The number of likely N-dealkylation sites (N-methyl/N-ethyl adjacent to an activating group) is 1. The van der Waals surface area contributed by atoms with Crippen LogP contribution in [0.25, 0.3) is 0 Å². The first-order chi connectivity index (χ1) is 9.56. The maximum absolute atomic E-state index is 11.2. The van der Waals surface area contributed by atoms with Gasteiger partial charge in [0.2, 0.25) is 0 Å². The van der Waals surface area contributed by atoms with Gasteiger partial charge in [-0.15, -0.1) is 0 Å². The third-order valence-electron chi connectivity index (χ3n) is 2.75. The molecule has 0 heterocycles. The molecule has 0 aliphatic carbocycles. The summed E-state index contributed by atoms with van der Waals surface area (Å²) in [6.45, 7) is 6.03. The van der Waals surface area contributed by atoms with E-state index in [2.05, 4.69) is 24.5 Å². The quantitative estimate of drug-likeness (QED) is 0.759. The highest BCUT2D eigenvalue weighted by molar-refractivity contribution is 5.77. The Balaban J connectivity index is 2.67. The molecule has 1 aromatic carbocycles. The smallest absolute Gasteiger partial charge is 0.257 e. The third kappa shape index (κ3) is 5.48. The van der Waals surface area contributed by atoms with Gasteiger partial charge in [-0.3, -0.25) is 4.79 Å². The van der Waals surface area contributed by atoms with E-state index in [1.165, 1.54) is 0 Å². The first-order valence-corrected chi connectivity index (χ1v) is 6.77. The predicted octanol–water partition coefficient (Wildman–Crippen LogP) is 1.57. The average Bonchev–Trinajstić information content (AvgIpc) is 2.44. The van der Waals surface area contributed by atoms with E-state index in [1.54, 1.807) is 14.2 Å². The lowest BCUT2D eigenvalue weighted by Gasteiger charge is -2.13. The second kappa shape index (κ2) is 8.43. The van der Waals surface area contributed by atoms with Crippen molar-refractivity contribution in [2.75, 3.05) is 27.3 Å². The number of amides is 1. The maximum Gasteiger partial charge on any atom is 0.257 e. The molecule has 5 nitrogen and oxygen atoms in total. The summed E-state index contributed by atoms with van der Waals surface area (Å²) in [4.78, 5) is 11.2. The zero-order valence-electron chi connectivity index (χ0n) is 12.7. The molecule has 0 bridgehead atoms. The summed E-state index contributed by atoms with van der Waals surface area (Å²) in [5.41, 5.74) is 1.10. The predicted molar refractivity (Wildman–Crippen MR) is 79.1 cm³/mol. The molecule has 1 aromatic rings. The Hall–Kier alpha value is -1.75. The van der Waals surface area contributed by atoms with Crippen LogP contribution in [0.5, 0.6) is 11.5 Å². The van der Waals surface area contributed by atoms with Crippen molar-refractivity contribution in [1.29, 1.82) is 0 Å². The van der Waals surface area contributed by atoms with Crippen molar-refractivity contribution in [3.05, 3.63) is 23.8 Å². The van der Waals surface area contributed by atoms with Crippen LogP contribution in [0.3, 0.4) is 0 Å². The van der Waals surface area contributed by atoms with Crippen LogP contribution in [0.4, 0.5) is 0 Å². The number of carbonyl (C=O) groups excluding carboxylic acids is 1. The van der Waals surface area contributed by atoms with Crippen LogP contribution in [0.2, 0.25) is 0 Å². The van der Waals surface area contributed by atoms with Crippen LogP contribution >= 0.6 is 0 Å². The van der Waals surface area contributed by atoms with E-state index in [0.29, 0.717) is 17.4 Å². The van der Waals surface area contributed by atoms with Crippen LogP contribution in [0.1, 0.15) is 19.4 Å². The molecule has 112 valence electrons. The van der Waals surface area contributed by atoms with E-state index >= 15 is 0 Å². The molecule has 2 N–H and O–H groups in total. The van der Waals surface area contributed by atoms with E-state index in [0.717, 1.165) is 18.7 Å². The van der Waals surface area contributed by atoms with Crippen LogP contribution in [-0.4, -0.2) is 33.2 Å². The molecule has 0 saturated heterocycles. The van der Waals surface area contributed by atoms with Gasteiger partial charge in [-0.25, -0.2) is 0 Å². The minimum atomic E-state index is -0.171. The number of methoxy groups -OCH3 is 1. The molecule has 0 unspecified atom stereocenters. The average molecular weight is 280 g/mol. The lowest BCUT2D eigenvalue weighted by atomic mass is 10.2. The normalized spacial score (nSPS) is 10.4. The SMILES string of the molecule is CNC(=O)COc1cc(CNCC(C)C)ccc1OC. The van der Waals surface area contributed by atoms with Gasteiger partial charge in [0.05, 0.1) is 7.11 Å². The van der Waals surface area contributed by atoms with Crippen molar-refractivity contribution in [3.63, 3.8) is 0 Å². The fraction of sp³-hybridized carbons (Fsp3) is 0.533. The molecule has 0 fully saturated rings. The molecule has 0 spiro atoms. The number of nitrogens with one attached hydrogen (secondary N) is 2. The molecular formula is C15H24N2O3. The van der Waals surface area contributed by atoms with Crippen LogP contribution in [0, 0.1) is 5.92 Å². The zero-order chi connectivity index (χ0) is 15.0. The highest BCUT2D eigenvalue weighted by Crippen LogP contribution is 2.28. The van der Waals surface area contributed by atoms with Gasteiger partial charge >= 0.3 is 0 Å². The highest BCUT2D eigenvalue weighted by Gasteiger charge is 2.08. The van der Waals surface area contributed by atoms with Crippen molar-refractivity contribution >= 4 is 5.91 Å². The summed E-state index contributed by atoms with van der Waals surface area (Å²) in [5, 5.41) is 5.88. The lowest BCUT2D eigenvalue weighted by Crippen LogP contribution is -2.25. The molecule has 0 radical (unpaired) electrons. The second-order valence-electron chi connectivity index (χ2n) is 4.97. The number of hydrogen-bond acceptors (Lipinski definition) is 4. The first kappa shape index (κ1) is 16.3. The Morgan fingerprint density at radius 3 is 2.65 bits per heavy atom. The number of rotatable bonds is 8. The summed E-state index contributed by atoms with van der Waals surface area (Å²) in [5.74, 6) is 1.65. The van der Waals surface area contributed by atoms with E-state index in [1.807, 2.05) is 18.2 Å². The number of benzene rings is 1. The van der Waals surface area contributed by atoms with Gasteiger partial charge in [0, 0.05) is 13.6 Å². The fourth-order valence-corrected chi connectivity index (χ4v) is 1.66. The van der Waals surface area contributed by atoms with Crippen molar-refractivity contribution in [2.45, 2.75) is 20.4 Å². The number of ether oxygens (including phenoxy) is 2. The Labute approximate surface area is 120 Å². The molecule has 0 saturated carbocycles. The van der Waals surface area contributed by atoms with Gasteiger partial charge in [0.25, 0.3) is 5.91 Å². The molecule has 1 rings (SSSR count). The van der Waals surface area contributed by atoms with E-state index in [-0.39, 0.29) is 12.5 Å². The Morgan fingerprint density at radius 2 is 2.05 bits per heavy atom. The maximum atomic E-state index is 11.2. The van der Waals surface area contributed by atoms with E-state index in [9.17, 15) is 4.79 Å². The molecule has 0 aromatic heterocycles. The third-order valence-corrected chi connectivity index (χ3v) is 2.75. The molecule has 0 atom stereocenters. The minimum Gasteiger partial charge on any atom is -0.493 e. The second-order valence-corrected chi connectivity index (χ2v) is 4.97. The highest BCUT2D eigenvalue weighted by atomic mass is 16.5. The van der Waals surface area contributed by atoms with E-state index < -0.39 is 0 Å². The van der Waals surface area contributed by atoms with Crippen LogP contribution < -0.4 is 20.1 Å². The zero-order valence-corrected chi connectivity index (χ0v) is 12.7. The van der Waals surface area contributed by atoms with Gasteiger partial charge in [0.15, 0.2) is 18.1 Å². The minimum absolute atomic E-state index is 0.0181. The monoisotopic (exact) mass is 280 g/mol. The molecule has 0 aliphatic rings. The summed E-state index contributed by atoms with van der Waals surface area (Å²) in [6.07, 6.45) is 0. The summed E-state index contributed by atoms with van der Waals surface area (Å²) in [6, 6.07) is 5.74. The van der Waals surface area contributed by atoms with Gasteiger partial charge in [-0.2, -0.15) is 0 Å². The van der Waals surface area contributed by atoms with Crippen molar-refractivity contribution in [2.24, 2.45) is 5.92 Å². The van der Waals surface area contributed by atoms with Crippen molar-refractivity contribution < 1.29 is 14.3 Å². The molecule has 1 amide bonds. The van der Waals surface area contributed by atoms with Gasteiger partial charge in [0.1, 0.15) is 0 Å². The summed E-state index contributed by atoms with van der Waals surface area (Å²) >= 11 is 0. The number of carbonyl (C=O) groups is 1. The lowest BCUT2D eigenvalue weighted by molar-refractivity contribution is -0.122. The standard InChI is InChI=1S/C15H24N2O3/c1-11(2)8-17-9-12-5-6-13(19-4)14(7-12)20-10-15(18)16-3/h5-7,11,17H,8-10H2,1-4H3,(H,16,18). The van der Waals surface area contributed by atoms with Crippen molar-refractivity contribution in [3.8, 4) is 11.5 Å². The topological polar surface area (TPSA) is 59.6 Å². The Morgan fingerprint density at radius 1 is 1.30 bits per heavy atom. The van der Waals surface area contributed by atoms with E-state index in [4.69, 9.17) is 9.47 Å². The largest absolute Gasteiger partial charge is 0.493 e. The first-order valence-electron chi connectivity index (χ1n) is 6.77. The Kier molecular flexibility index (Phi) is 6.87. The van der Waals surface area contributed by atoms with Gasteiger partial charge < -0.3 is 20.1 Å². The number of hydrogen-bond donors (Lipinski definition) is 2. The van der Waals surface area contributed by atoms with Crippen LogP contribution in [0.15, 0.2) is 18.2 Å². The Bertz CT molecular complexity index is 433. The molecule has 5 heteroatoms. The molecule has 0 aliphatic heterocycles. The summed E-state index contributed by atoms with van der Waals surface area (Å²) in [7, 11) is 3.16. The van der Waals surface area contributed by atoms with Gasteiger partial charge in [-0.1, -0.05) is 19.9 Å².